The molecule has 22 heavy (non-hydrogen) atoms. The molecule has 2 nitrogen and oxygen atoms in total. The van der Waals surface area contributed by atoms with Gasteiger partial charge in [0.25, 0.3) is 0 Å². The maximum Gasteiger partial charge on any atom is 0.312 e. The Kier molecular flexibility index (Phi) is 3.71. The second-order valence-corrected chi connectivity index (χ2v) is 7.92. The Balaban J connectivity index is 1.29. The van der Waals surface area contributed by atoms with Gasteiger partial charge in [-0.05, 0) is 74.7 Å². The predicted molar refractivity (Wildman–Crippen MR) is 86.3 cm³/mol. The molecule has 0 aliphatic heterocycles. The number of hydrogen-bond acceptors (Lipinski definition) is 2. The zero-order chi connectivity index (χ0) is 15.0. The van der Waals surface area contributed by atoms with Crippen LogP contribution in [0.15, 0.2) is 30.3 Å². The van der Waals surface area contributed by atoms with Crippen molar-refractivity contribution in [2.24, 2.45) is 23.2 Å². The van der Waals surface area contributed by atoms with E-state index in [2.05, 4.69) is 24.3 Å². The SMILES string of the molecule is O=C(OCCCc1ccccc1)C12CC3CC(CC(C3)C1)C2. The fourth-order valence-electron chi connectivity index (χ4n) is 5.60. The largest absolute Gasteiger partial charge is 0.465 e. The van der Waals surface area contributed by atoms with E-state index in [1.807, 2.05) is 6.07 Å². The minimum Gasteiger partial charge on any atom is -0.465 e. The van der Waals surface area contributed by atoms with Crippen LogP contribution in [0.3, 0.4) is 0 Å². The second-order valence-electron chi connectivity index (χ2n) is 7.92. The van der Waals surface area contributed by atoms with E-state index in [0.717, 1.165) is 49.9 Å². The summed E-state index contributed by atoms with van der Waals surface area (Å²) in [6, 6.07) is 10.5. The van der Waals surface area contributed by atoms with Gasteiger partial charge in [-0.1, -0.05) is 30.3 Å². The van der Waals surface area contributed by atoms with Crippen molar-refractivity contribution in [3.8, 4) is 0 Å². The van der Waals surface area contributed by atoms with Crippen molar-refractivity contribution in [2.45, 2.75) is 51.4 Å². The van der Waals surface area contributed by atoms with Crippen LogP contribution >= 0.6 is 0 Å². The van der Waals surface area contributed by atoms with E-state index >= 15 is 0 Å². The number of rotatable bonds is 5. The van der Waals surface area contributed by atoms with Crippen LogP contribution in [0.25, 0.3) is 0 Å². The van der Waals surface area contributed by atoms with E-state index in [1.165, 1.54) is 24.8 Å². The first-order valence-electron chi connectivity index (χ1n) is 8.95. The second kappa shape index (κ2) is 5.72. The van der Waals surface area contributed by atoms with Gasteiger partial charge in [-0.25, -0.2) is 0 Å². The van der Waals surface area contributed by atoms with Crippen LogP contribution in [-0.4, -0.2) is 12.6 Å². The molecule has 0 unspecified atom stereocenters. The number of carbonyl (C=O) groups excluding carboxylic acids is 1. The molecule has 4 aliphatic carbocycles. The van der Waals surface area contributed by atoms with Crippen LogP contribution in [0.5, 0.6) is 0 Å². The van der Waals surface area contributed by atoms with E-state index in [0.29, 0.717) is 6.61 Å². The Labute approximate surface area is 133 Å². The summed E-state index contributed by atoms with van der Waals surface area (Å²) in [6.45, 7) is 0.579. The molecular weight excluding hydrogens is 272 g/mol. The molecule has 4 bridgehead atoms. The zero-order valence-electron chi connectivity index (χ0n) is 13.3. The third-order valence-electron chi connectivity index (χ3n) is 6.16. The van der Waals surface area contributed by atoms with E-state index < -0.39 is 0 Å². The summed E-state index contributed by atoms with van der Waals surface area (Å²) in [5.41, 5.74) is 1.23. The summed E-state index contributed by atoms with van der Waals surface area (Å²) >= 11 is 0. The molecule has 118 valence electrons. The van der Waals surface area contributed by atoms with Crippen molar-refractivity contribution in [2.75, 3.05) is 6.61 Å². The highest BCUT2D eigenvalue weighted by Crippen LogP contribution is 2.60. The van der Waals surface area contributed by atoms with Crippen LogP contribution < -0.4 is 0 Å². The Morgan fingerprint density at radius 3 is 2.18 bits per heavy atom. The van der Waals surface area contributed by atoms with E-state index in [9.17, 15) is 4.79 Å². The lowest BCUT2D eigenvalue weighted by atomic mass is 9.49. The minimum absolute atomic E-state index is 0.0957. The van der Waals surface area contributed by atoms with Crippen molar-refractivity contribution in [3.63, 3.8) is 0 Å². The number of carbonyl (C=O) groups is 1. The lowest BCUT2D eigenvalue weighted by molar-refractivity contribution is -0.171. The Morgan fingerprint density at radius 2 is 1.59 bits per heavy atom. The summed E-state index contributed by atoms with van der Waals surface area (Å²) in [5, 5.41) is 0. The summed E-state index contributed by atoms with van der Waals surface area (Å²) in [5.74, 6) is 2.55. The first-order valence-corrected chi connectivity index (χ1v) is 8.95. The van der Waals surface area contributed by atoms with Crippen LogP contribution in [0.1, 0.15) is 50.5 Å². The monoisotopic (exact) mass is 298 g/mol. The van der Waals surface area contributed by atoms with Crippen LogP contribution in [-0.2, 0) is 16.0 Å². The van der Waals surface area contributed by atoms with Gasteiger partial charge in [-0.3, -0.25) is 4.79 Å². The fraction of sp³-hybridized carbons (Fsp3) is 0.650. The zero-order valence-corrected chi connectivity index (χ0v) is 13.3. The number of esters is 1. The first kappa shape index (κ1) is 14.3. The highest BCUT2D eigenvalue weighted by molar-refractivity contribution is 5.77. The first-order chi connectivity index (χ1) is 10.7. The van der Waals surface area contributed by atoms with Crippen molar-refractivity contribution in [1.82, 2.24) is 0 Å². The highest BCUT2D eigenvalue weighted by Gasteiger charge is 2.55. The molecule has 0 N–H and O–H groups in total. The van der Waals surface area contributed by atoms with Gasteiger partial charge in [0.1, 0.15) is 0 Å². The molecule has 2 heteroatoms. The summed E-state index contributed by atoms with van der Waals surface area (Å²) < 4.78 is 5.71. The van der Waals surface area contributed by atoms with Gasteiger partial charge < -0.3 is 4.74 Å². The topological polar surface area (TPSA) is 26.3 Å². The predicted octanol–water partition coefficient (Wildman–Crippen LogP) is 4.38. The molecule has 4 saturated carbocycles. The van der Waals surface area contributed by atoms with Crippen molar-refractivity contribution < 1.29 is 9.53 Å². The Hall–Kier alpha value is -1.31. The van der Waals surface area contributed by atoms with Crippen LogP contribution in [0.4, 0.5) is 0 Å². The van der Waals surface area contributed by atoms with Gasteiger partial charge >= 0.3 is 5.97 Å². The standard InChI is InChI=1S/C20H26O2/c21-19(22-8-4-7-15-5-2-1-3-6-15)20-12-16-9-17(13-20)11-18(10-16)14-20/h1-3,5-6,16-18H,4,7-14H2. The van der Waals surface area contributed by atoms with E-state index in [4.69, 9.17) is 4.74 Å². The highest BCUT2D eigenvalue weighted by atomic mass is 16.5. The molecule has 0 spiro atoms. The van der Waals surface area contributed by atoms with Gasteiger partial charge in [0.15, 0.2) is 0 Å². The summed E-state index contributed by atoms with van der Waals surface area (Å²) in [4.78, 5) is 12.7. The van der Waals surface area contributed by atoms with Crippen molar-refractivity contribution in [1.29, 1.82) is 0 Å². The quantitative estimate of drug-likeness (QED) is 0.595. The Morgan fingerprint density at radius 1 is 1.00 bits per heavy atom. The average molecular weight is 298 g/mol. The molecule has 0 heterocycles. The fourth-order valence-corrected chi connectivity index (χ4v) is 5.60. The minimum atomic E-state index is -0.0957. The van der Waals surface area contributed by atoms with E-state index in [1.54, 1.807) is 0 Å². The van der Waals surface area contributed by atoms with Crippen LogP contribution in [0.2, 0.25) is 0 Å². The molecule has 1 aromatic carbocycles. The Bertz CT molecular complexity index is 499. The molecule has 0 radical (unpaired) electrons. The van der Waals surface area contributed by atoms with Gasteiger partial charge in [-0.15, -0.1) is 0 Å². The van der Waals surface area contributed by atoms with Gasteiger partial charge in [0.2, 0.25) is 0 Å². The molecule has 5 rings (SSSR count). The van der Waals surface area contributed by atoms with Crippen molar-refractivity contribution in [3.05, 3.63) is 35.9 Å². The molecule has 4 fully saturated rings. The smallest absolute Gasteiger partial charge is 0.312 e. The number of hydrogen-bond donors (Lipinski definition) is 0. The van der Waals surface area contributed by atoms with Crippen LogP contribution in [0, 0.1) is 23.2 Å². The molecule has 0 saturated heterocycles. The molecule has 0 aromatic heterocycles. The molecule has 4 aliphatic rings. The summed E-state index contributed by atoms with van der Waals surface area (Å²) in [6.07, 6.45) is 9.38. The van der Waals surface area contributed by atoms with E-state index in [-0.39, 0.29) is 11.4 Å². The normalized spacial score (nSPS) is 35.5. The maximum absolute atomic E-state index is 12.7. The molecule has 1 aromatic rings. The molecule has 0 amide bonds. The van der Waals surface area contributed by atoms with Gasteiger partial charge in [0, 0.05) is 0 Å². The number of aryl methyl sites for hydroxylation is 1. The summed E-state index contributed by atoms with van der Waals surface area (Å²) in [7, 11) is 0. The average Bonchev–Trinajstić information content (AvgIpc) is 2.51. The van der Waals surface area contributed by atoms with Crippen molar-refractivity contribution >= 4 is 5.97 Å². The molecule has 0 atom stereocenters. The third kappa shape index (κ3) is 2.68. The maximum atomic E-state index is 12.7. The van der Waals surface area contributed by atoms with Gasteiger partial charge in [0.05, 0.1) is 12.0 Å². The third-order valence-corrected chi connectivity index (χ3v) is 6.16. The molecular formula is C20H26O2. The number of benzene rings is 1. The van der Waals surface area contributed by atoms with Gasteiger partial charge in [-0.2, -0.15) is 0 Å². The lowest BCUT2D eigenvalue weighted by Crippen LogP contribution is -2.50. The lowest BCUT2D eigenvalue weighted by Gasteiger charge is -2.55. The number of ether oxygens (including phenoxy) is 1.